The summed E-state index contributed by atoms with van der Waals surface area (Å²) in [5.74, 6) is 2.60. The standard InChI is InChI=1S/C20H22BrNO3/c21-15-5-7-16(8-6-15)24-13-17-9-10-19(25-17)20(23)22-12-11-14-3-1-2-4-18(14)22/h5-10,14,18H,1-4,11-13H2. The molecule has 1 aromatic heterocycles. The Kier molecular flexibility index (Phi) is 4.84. The lowest BCUT2D eigenvalue weighted by molar-refractivity contribution is 0.0654. The number of hydrogen-bond donors (Lipinski definition) is 0. The number of halogens is 1. The molecule has 1 amide bonds. The Labute approximate surface area is 156 Å². The summed E-state index contributed by atoms with van der Waals surface area (Å²) in [4.78, 5) is 14.8. The van der Waals surface area contributed by atoms with Crippen molar-refractivity contribution in [2.24, 2.45) is 5.92 Å². The Balaban J connectivity index is 1.39. The molecule has 1 saturated carbocycles. The molecule has 25 heavy (non-hydrogen) atoms. The minimum Gasteiger partial charge on any atom is -0.486 e. The number of carbonyl (C=O) groups excluding carboxylic acids is 1. The first-order valence-corrected chi connectivity index (χ1v) is 9.78. The SMILES string of the molecule is O=C(c1ccc(COc2ccc(Br)cc2)o1)N1CCC2CCCCC21. The number of likely N-dealkylation sites (tertiary alicyclic amines) is 1. The van der Waals surface area contributed by atoms with Crippen LogP contribution in [0.3, 0.4) is 0 Å². The Morgan fingerprint density at radius 1 is 1.12 bits per heavy atom. The van der Waals surface area contributed by atoms with Crippen molar-refractivity contribution in [2.75, 3.05) is 6.54 Å². The van der Waals surface area contributed by atoms with Crippen molar-refractivity contribution in [3.05, 3.63) is 52.4 Å². The number of fused-ring (bicyclic) bond motifs is 1. The summed E-state index contributed by atoms with van der Waals surface area (Å²) < 4.78 is 12.5. The van der Waals surface area contributed by atoms with Gasteiger partial charge in [-0.15, -0.1) is 0 Å². The normalized spacial score (nSPS) is 22.7. The van der Waals surface area contributed by atoms with E-state index in [1.807, 2.05) is 35.2 Å². The molecule has 1 aliphatic carbocycles. The number of carbonyl (C=O) groups is 1. The van der Waals surface area contributed by atoms with Gasteiger partial charge in [0.2, 0.25) is 0 Å². The molecule has 1 saturated heterocycles. The van der Waals surface area contributed by atoms with Gasteiger partial charge in [-0.1, -0.05) is 28.8 Å². The maximum Gasteiger partial charge on any atom is 0.289 e. The summed E-state index contributed by atoms with van der Waals surface area (Å²) in [6.45, 7) is 1.18. The van der Waals surface area contributed by atoms with Gasteiger partial charge < -0.3 is 14.1 Å². The molecule has 2 fully saturated rings. The van der Waals surface area contributed by atoms with E-state index in [-0.39, 0.29) is 5.91 Å². The van der Waals surface area contributed by atoms with Crippen LogP contribution in [0.5, 0.6) is 5.75 Å². The van der Waals surface area contributed by atoms with Gasteiger partial charge in [0, 0.05) is 17.1 Å². The van der Waals surface area contributed by atoms with Crippen LogP contribution in [0, 0.1) is 5.92 Å². The van der Waals surface area contributed by atoms with Crippen molar-refractivity contribution in [2.45, 2.75) is 44.8 Å². The number of hydrogen-bond acceptors (Lipinski definition) is 3. The highest BCUT2D eigenvalue weighted by atomic mass is 79.9. The van der Waals surface area contributed by atoms with Gasteiger partial charge in [0.15, 0.2) is 5.76 Å². The van der Waals surface area contributed by atoms with Crippen molar-refractivity contribution in [1.29, 1.82) is 0 Å². The summed E-state index contributed by atoms with van der Waals surface area (Å²) >= 11 is 3.40. The van der Waals surface area contributed by atoms with Gasteiger partial charge in [0.25, 0.3) is 5.91 Å². The lowest BCUT2D eigenvalue weighted by Crippen LogP contribution is -2.39. The maximum atomic E-state index is 12.8. The Morgan fingerprint density at radius 3 is 2.76 bits per heavy atom. The third-order valence-electron chi connectivity index (χ3n) is 5.34. The van der Waals surface area contributed by atoms with Crippen LogP contribution in [0.15, 0.2) is 45.3 Å². The van der Waals surface area contributed by atoms with Crippen molar-refractivity contribution >= 4 is 21.8 Å². The topological polar surface area (TPSA) is 42.7 Å². The molecule has 2 aliphatic rings. The predicted molar refractivity (Wildman–Crippen MR) is 98.6 cm³/mol. The monoisotopic (exact) mass is 403 g/mol. The number of benzene rings is 1. The number of ether oxygens (including phenoxy) is 1. The zero-order valence-electron chi connectivity index (χ0n) is 14.1. The lowest BCUT2D eigenvalue weighted by Gasteiger charge is -2.31. The van der Waals surface area contributed by atoms with Crippen LogP contribution >= 0.6 is 15.9 Å². The molecule has 1 aliphatic heterocycles. The summed E-state index contributed by atoms with van der Waals surface area (Å²) in [5.41, 5.74) is 0. The lowest BCUT2D eigenvalue weighted by atomic mass is 9.85. The fraction of sp³-hybridized carbons (Fsp3) is 0.450. The third kappa shape index (κ3) is 3.61. The second-order valence-electron chi connectivity index (χ2n) is 6.91. The zero-order valence-corrected chi connectivity index (χ0v) is 15.7. The van der Waals surface area contributed by atoms with Crippen molar-refractivity contribution in [1.82, 2.24) is 4.90 Å². The molecule has 132 valence electrons. The minimum atomic E-state index is 0.0318. The van der Waals surface area contributed by atoms with Crippen molar-refractivity contribution in [3.8, 4) is 5.75 Å². The highest BCUT2D eigenvalue weighted by Gasteiger charge is 2.39. The quantitative estimate of drug-likeness (QED) is 0.718. The first kappa shape index (κ1) is 16.7. The summed E-state index contributed by atoms with van der Waals surface area (Å²) in [6, 6.07) is 11.7. The van der Waals surface area contributed by atoms with E-state index >= 15 is 0 Å². The fourth-order valence-electron chi connectivity index (χ4n) is 4.06. The molecule has 4 nitrogen and oxygen atoms in total. The van der Waals surface area contributed by atoms with E-state index < -0.39 is 0 Å². The second kappa shape index (κ2) is 7.24. The largest absolute Gasteiger partial charge is 0.486 e. The van der Waals surface area contributed by atoms with E-state index in [9.17, 15) is 4.79 Å². The molecular weight excluding hydrogens is 382 g/mol. The number of nitrogens with zero attached hydrogens (tertiary/aromatic N) is 1. The van der Waals surface area contributed by atoms with E-state index in [4.69, 9.17) is 9.15 Å². The van der Waals surface area contributed by atoms with Crippen molar-refractivity contribution in [3.63, 3.8) is 0 Å². The van der Waals surface area contributed by atoms with Gasteiger partial charge in [0.1, 0.15) is 18.1 Å². The third-order valence-corrected chi connectivity index (χ3v) is 5.87. The molecule has 2 unspecified atom stereocenters. The fourth-order valence-corrected chi connectivity index (χ4v) is 4.32. The van der Waals surface area contributed by atoms with Crippen LogP contribution in [0.1, 0.15) is 48.4 Å². The predicted octanol–water partition coefficient (Wildman–Crippen LogP) is 5.03. The Bertz CT molecular complexity index is 740. The van der Waals surface area contributed by atoms with Crippen LogP contribution in [-0.2, 0) is 6.61 Å². The number of amides is 1. The molecule has 2 atom stereocenters. The first-order chi connectivity index (χ1) is 12.2. The number of furan rings is 1. The van der Waals surface area contributed by atoms with Crippen LogP contribution in [-0.4, -0.2) is 23.4 Å². The summed E-state index contributed by atoms with van der Waals surface area (Å²) in [7, 11) is 0. The molecule has 2 aromatic rings. The van der Waals surface area contributed by atoms with Gasteiger partial charge in [-0.3, -0.25) is 4.79 Å². The van der Waals surface area contributed by atoms with Gasteiger partial charge in [-0.05, 0) is 61.6 Å². The molecule has 5 heteroatoms. The van der Waals surface area contributed by atoms with E-state index in [2.05, 4.69) is 15.9 Å². The highest BCUT2D eigenvalue weighted by Crippen LogP contribution is 2.37. The second-order valence-corrected chi connectivity index (χ2v) is 7.82. The zero-order chi connectivity index (χ0) is 17.2. The average Bonchev–Trinajstić information content (AvgIpc) is 3.28. The Hall–Kier alpha value is -1.75. The van der Waals surface area contributed by atoms with Gasteiger partial charge >= 0.3 is 0 Å². The van der Waals surface area contributed by atoms with Crippen LogP contribution in [0.2, 0.25) is 0 Å². The van der Waals surface area contributed by atoms with Gasteiger partial charge in [0.05, 0.1) is 0 Å². The summed E-state index contributed by atoms with van der Waals surface area (Å²) in [6.07, 6.45) is 6.07. The molecule has 0 bridgehead atoms. The van der Waals surface area contributed by atoms with E-state index in [1.165, 1.54) is 19.3 Å². The minimum absolute atomic E-state index is 0.0318. The van der Waals surface area contributed by atoms with Gasteiger partial charge in [-0.2, -0.15) is 0 Å². The van der Waals surface area contributed by atoms with Crippen LogP contribution in [0.25, 0.3) is 0 Å². The van der Waals surface area contributed by atoms with Crippen LogP contribution in [0.4, 0.5) is 0 Å². The van der Waals surface area contributed by atoms with E-state index in [0.29, 0.717) is 30.1 Å². The molecule has 1 aromatic carbocycles. The molecule has 0 spiro atoms. The van der Waals surface area contributed by atoms with Crippen molar-refractivity contribution < 1.29 is 13.9 Å². The molecule has 0 N–H and O–H groups in total. The molecule has 4 rings (SSSR count). The smallest absolute Gasteiger partial charge is 0.289 e. The first-order valence-electron chi connectivity index (χ1n) is 8.99. The van der Waals surface area contributed by atoms with E-state index in [0.717, 1.165) is 29.6 Å². The summed E-state index contributed by atoms with van der Waals surface area (Å²) in [5, 5.41) is 0. The molecular formula is C20H22BrNO3. The van der Waals surface area contributed by atoms with E-state index in [1.54, 1.807) is 6.07 Å². The number of rotatable bonds is 4. The molecule has 2 heterocycles. The average molecular weight is 404 g/mol. The van der Waals surface area contributed by atoms with Gasteiger partial charge in [-0.25, -0.2) is 0 Å². The highest BCUT2D eigenvalue weighted by molar-refractivity contribution is 9.10. The van der Waals surface area contributed by atoms with Crippen LogP contribution < -0.4 is 4.74 Å². The maximum absolute atomic E-state index is 12.8. The Morgan fingerprint density at radius 2 is 1.92 bits per heavy atom. The molecule has 0 radical (unpaired) electrons.